The molecule has 0 aliphatic heterocycles. The molecule has 0 aliphatic carbocycles. The number of hydrogen-bond donors (Lipinski definition) is 1. The Bertz CT molecular complexity index is 1040. The number of carbonyl (C=O) groups excluding carboxylic acids is 1. The molecule has 0 amide bonds. The van der Waals surface area contributed by atoms with E-state index in [0.717, 1.165) is 24.0 Å². The number of aliphatic hydroxyl groups is 1. The van der Waals surface area contributed by atoms with Crippen molar-refractivity contribution in [1.29, 1.82) is 0 Å². The molecule has 219 valence electrons. The number of allylic oxidation sites excluding steroid dienone is 2. The third-order valence-corrected chi connectivity index (χ3v) is 6.49. The standard InChI is InChI=1S/C26H33N4.C7H12O2.Ir/c1-3-5-7-9-11-21-13-17-23(18-14-21)25-27-29-26(30-28-25)24-19-15-22(16-20-24)12-10-8-6-4-2;1-3-6(8)5-7(9)4-2;/h13-19H,3-12H2,1-2H3;5,8H,3-4H2,1-2H3;/q-1;;/b;6-5-;. The van der Waals surface area contributed by atoms with Gasteiger partial charge in [0.2, 0.25) is 5.82 Å². The van der Waals surface area contributed by atoms with E-state index in [2.05, 4.69) is 70.6 Å². The SMILES string of the molecule is CCC(=O)/C=C(\O)CC.CCCCCCc1c[c-]c(-c2nnc(-c3ccc(CCCCCC)cc3)nn2)cc1.[Ir]. The van der Waals surface area contributed by atoms with Gasteiger partial charge in [-0.25, -0.2) is 0 Å². The Hall–Kier alpha value is -2.76. The van der Waals surface area contributed by atoms with E-state index >= 15 is 0 Å². The van der Waals surface area contributed by atoms with Crippen molar-refractivity contribution in [2.45, 2.75) is 105 Å². The van der Waals surface area contributed by atoms with Crippen LogP contribution in [-0.4, -0.2) is 31.3 Å². The molecule has 0 saturated heterocycles. The zero-order chi connectivity index (χ0) is 28.3. The molecule has 7 heteroatoms. The molecule has 6 nitrogen and oxygen atoms in total. The summed E-state index contributed by atoms with van der Waals surface area (Å²) in [5, 5.41) is 25.9. The Morgan fingerprint density at radius 2 is 1.27 bits per heavy atom. The van der Waals surface area contributed by atoms with Gasteiger partial charge in [-0.2, -0.15) is 10.2 Å². The van der Waals surface area contributed by atoms with Crippen LogP contribution in [0.2, 0.25) is 0 Å². The molecule has 0 aliphatic rings. The second-order valence-corrected chi connectivity index (χ2v) is 9.79. The average Bonchev–Trinajstić information content (AvgIpc) is 2.98. The van der Waals surface area contributed by atoms with Crippen LogP contribution in [0.1, 0.15) is 103 Å². The van der Waals surface area contributed by atoms with Crippen molar-refractivity contribution >= 4 is 5.78 Å². The molecule has 1 N–H and O–H groups in total. The summed E-state index contributed by atoms with van der Waals surface area (Å²) < 4.78 is 0. The van der Waals surface area contributed by atoms with Gasteiger partial charge in [0, 0.05) is 44.6 Å². The normalized spacial score (nSPS) is 10.8. The molecule has 1 aromatic heterocycles. The molecule has 2 aromatic carbocycles. The Morgan fingerprint density at radius 1 is 0.725 bits per heavy atom. The Labute approximate surface area is 254 Å². The largest absolute Gasteiger partial charge is 0.512 e. The summed E-state index contributed by atoms with van der Waals surface area (Å²) in [7, 11) is 0. The molecular formula is C33H45IrN4O2-. The van der Waals surface area contributed by atoms with Gasteiger partial charge in [0.1, 0.15) is 5.82 Å². The Kier molecular flexibility index (Phi) is 18.6. The van der Waals surface area contributed by atoms with E-state index in [4.69, 9.17) is 5.11 Å². The third-order valence-electron chi connectivity index (χ3n) is 6.49. The van der Waals surface area contributed by atoms with Crippen LogP contribution in [0.3, 0.4) is 0 Å². The maximum atomic E-state index is 10.5. The van der Waals surface area contributed by atoms with Gasteiger partial charge in [-0.05, 0) is 18.4 Å². The van der Waals surface area contributed by atoms with Gasteiger partial charge >= 0.3 is 0 Å². The van der Waals surface area contributed by atoms with Crippen LogP contribution in [0.5, 0.6) is 0 Å². The van der Waals surface area contributed by atoms with Crippen molar-refractivity contribution in [2.24, 2.45) is 0 Å². The molecule has 0 spiro atoms. The minimum atomic E-state index is -0.0191. The van der Waals surface area contributed by atoms with Crippen molar-refractivity contribution < 1.29 is 30.0 Å². The number of ketones is 1. The quantitative estimate of drug-likeness (QED) is 0.0734. The summed E-state index contributed by atoms with van der Waals surface area (Å²) in [6.07, 6.45) is 14.7. The first kappa shape index (κ1) is 35.3. The summed E-state index contributed by atoms with van der Waals surface area (Å²) in [5.41, 5.74) is 4.45. The number of benzene rings is 2. The van der Waals surface area contributed by atoms with Crippen LogP contribution < -0.4 is 0 Å². The number of nitrogens with zero attached hydrogens (tertiary/aromatic N) is 4. The monoisotopic (exact) mass is 722 g/mol. The van der Waals surface area contributed by atoms with E-state index < -0.39 is 0 Å². The van der Waals surface area contributed by atoms with Gasteiger partial charge in [-0.3, -0.25) is 4.79 Å². The van der Waals surface area contributed by atoms with Crippen LogP contribution in [0.4, 0.5) is 0 Å². The molecule has 3 aromatic rings. The molecule has 0 atom stereocenters. The molecule has 0 fully saturated rings. The zero-order valence-electron chi connectivity index (χ0n) is 24.6. The number of aryl methyl sites for hydroxylation is 2. The van der Waals surface area contributed by atoms with Gasteiger partial charge in [0.15, 0.2) is 5.78 Å². The van der Waals surface area contributed by atoms with Crippen molar-refractivity contribution in [1.82, 2.24) is 20.4 Å². The molecule has 1 radical (unpaired) electrons. The van der Waals surface area contributed by atoms with Gasteiger partial charge in [0.05, 0.1) is 5.76 Å². The van der Waals surface area contributed by atoms with E-state index in [-0.39, 0.29) is 31.6 Å². The van der Waals surface area contributed by atoms with Gasteiger partial charge in [0.25, 0.3) is 0 Å². The molecule has 40 heavy (non-hydrogen) atoms. The van der Waals surface area contributed by atoms with E-state index in [1.54, 1.807) is 13.8 Å². The predicted octanol–water partition coefficient (Wildman–Crippen LogP) is 8.46. The number of carbonyl (C=O) groups is 1. The first-order valence-corrected chi connectivity index (χ1v) is 14.6. The van der Waals surface area contributed by atoms with Gasteiger partial charge in [-0.1, -0.05) is 103 Å². The molecule has 1 heterocycles. The second kappa shape index (κ2) is 21.0. The maximum absolute atomic E-state index is 10.5. The summed E-state index contributed by atoms with van der Waals surface area (Å²) >= 11 is 0. The van der Waals surface area contributed by atoms with Crippen LogP contribution in [-0.2, 0) is 37.7 Å². The van der Waals surface area contributed by atoms with Crippen molar-refractivity contribution in [3.63, 3.8) is 0 Å². The fourth-order valence-corrected chi connectivity index (χ4v) is 3.93. The summed E-state index contributed by atoms with van der Waals surface area (Å²) in [6, 6.07) is 17.9. The number of aromatic nitrogens is 4. The fraction of sp³-hybridized carbons (Fsp3) is 0.485. The van der Waals surface area contributed by atoms with Gasteiger partial charge in [-0.15, -0.1) is 45.6 Å². The van der Waals surface area contributed by atoms with Crippen LogP contribution in [0.25, 0.3) is 22.8 Å². The third kappa shape index (κ3) is 13.5. The van der Waals surface area contributed by atoms with Crippen LogP contribution >= 0.6 is 0 Å². The smallest absolute Gasteiger partial charge is 0.201 e. The summed E-state index contributed by atoms with van der Waals surface area (Å²) in [6.45, 7) is 8.04. The molecule has 0 unspecified atom stereocenters. The number of hydrogen-bond acceptors (Lipinski definition) is 6. The maximum Gasteiger partial charge on any atom is 0.201 e. The minimum absolute atomic E-state index is 0. The fourth-order valence-electron chi connectivity index (χ4n) is 3.93. The Morgan fingerprint density at radius 3 is 1.77 bits per heavy atom. The van der Waals surface area contributed by atoms with E-state index in [1.807, 2.05) is 12.1 Å². The minimum Gasteiger partial charge on any atom is -0.512 e. The predicted molar refractivity (Wildman–Crippen MR) is 159 cm³/mol. The van der Waals surface area contributed by atoms with Crippen molar-refractivity contribution in [3.05, 3.63) is 71.5 Å². The topological polar surface area (TPSA) is 88.9 Å². The first-order chi connectivity index (χ1) is 19.0. The van der Waals surface area contributed by atoms with E-state index in [9.17, 15) is 4.79 Å². The average molecular weight is 722 g/mol. The van der Waals surface area contributed by atoms with Crippen LogP contribution in [0, 0.1) is 6.07 Å². The molecule has 0 bridgehead atoms. The number of rotatable bonds is 15. The molecule has 0 saturated carbocycles. The first-order valence-electron chi connectivity index (χ1n) is 14.6. The van der Waals surface area contributed by atoms with Crippen molar-refractivity contribution in [2.75, 3.05) is 0 Å². The number of aliphatic hydroxyl groups excluding tert-OH is 1. The molecular weight excluding hydrogens is 677 g/mol. The van der Waals surface area contributed by atoms with Crippen molar-refractivity contribution in [3.8, 4) is 22.8 Å². The van der Waals surface area contributed by atoms with Gasteiger partial charge < -0.3 is 5.11 Å². The van der Waals surface area contributed by atoms with E-state index in [0.29, 0.717) is 24.5 Å². The molecule has 3 rings (SSSR count). The summed E-state index contributed by atoms with van der Waals surface area (Å²) in [5.74, 6) is 1.23. The summed E-state index contributed by atoms with van der Waals surface area (Å²) in [4.78, 5) is 10.5. The zero-order valence-corrected chi connectivity index (χ0v) is 27.0. The Balaban J connectivity index is 0.000000692. The van der Waals surface area contributed by atoms with E-state index in [1.165, 1.54) is 68.6 Å². The number of unbranched alkanes of at least 4 members (excludes halogenated alkanes) is 6. The second-order valence-electron chi connectivity index (χ2n) is 9.79. The van der Waals surface area contributed by atoms with Crippen LogP contribution in [0.15, 0.2) is 54.3 Å².